The quantitative estimate of drug-likeness (QED) is 0.808. The average molecular weight is 284 g/mol. The fraction of sp³-hybridized carbons (Fsp3) is 0.533. The standard InChI is InChI=1S/C15H22ClNO2/c1-3-11(2)14(18)10-17-15(19)9-6-12-4-7-13(16)8-5-12/h4-5,7-8,11,14,18H,3,6,9-10H2,1-2H3,(H,17,19). The molecule has 106 valence electrons. The number of halogens is 1. The molecule has 1 aromatic carbocycles. The topological polar surface area (TPSA) is 49.3 Å². The van der Waals surface area contributed by atoms with Crippen LogP contribution in [0.3, 0.4) is 0 Å². The third kappa shape index (κ3) is 6.08. The Morgan fingerprint density at radius 2 is 2.00 bits per heavy atom. The van der Waals surface area contributed by atoms with Gasteiger partial charge in [0.2, 0.25) is 5.91 Å². The van der Waals surface area contributed by atoms with E-state index in [1.807, 2.05) is 38.1 Å². The van der Waals surface area contributed by atoms with E-state index >= 15 is 0 Å². The lowest BCUT2D eigenvalue weighted by atomic mass is 10.0. The number of carbonyl (C=O) groups excluding carboxylic acids is 1. The number of carbonyl (C=O) groups is 1. The summed E-state index contributed by atoms with van der Waals surface area (Å²) < 4.78 is 0. The molecule has 0 saturated heterocycles. The van der Waals surface area contributed by atoms with Crippen LogP contribution in [0.25, 0.3) is 0 Å². The summed E-state index contributed by atoms with van der Waals surface area (Å²) in [7, 11) is 0. The monoisotopic (exact) mass is 283 g/mol. The molecule has 0 fully saturated rings. The van der Waals surface area contributed by atoms with Gasteiger partial charge in [0.15, 0.2) is 0 Å². The van der Waals surface area contributed by atoms with Crippen molar-refractivity contribution >= 4 is 17.5 Å². The summed E-state index contributed by atoms with van der Waals surface area (Å²) in [6.45, 7) is 4.33. The summed E-state index contributed by atoms with van der Waals surface area (Å²) >= 11 is 5.80. The summed E-state index contributed by atoms with van der Waals surface area (Å²) in [5, 5.41) is 13.2. The molecular weight excluding hydrogens is 262 g/mol. The number of aliphatic hydroxyl groups excluding tert-OH is 1. The highest BCUT2D eigenvalue weighted by Crippen LogP contribution is 2.11. The second kappa shape index (κ2) is 8.18. The van der Waals surface area contributed by atoms with Crippen molar-refractivity contribution in [2.75, 3.05) is 6.54 Å². The first-order valence-electron chi connectivity index (χ1n) is 6.72. The van der Waals surface area contributed by atoms with Crippen LogP contribution >= 0.6 is 11.6 Å². The summed E-state index contributed by atoms with van der Waals surface area (Å²) in [5.41, 5.74) is 1.09. The first kappa shape index (κ1) is 16.0. The molecule has 0 bridgehead atoms. The molecule has 2 unspecified atom stereocenters. The van der Waals surface area contributed by atoms with Gasteiger partial charge in [-0.3, -0.25) is 4.79 Å². The summed E-state index contributed by atoms with van der Waals surface area (Å²) in [6.07, 6.45) is 1.54. The first-order valence-corrected chi connectivity index (χ1v) is 7.10. The van der Waals surface area contributed by atoms with Gasteiger partial charge in [-0.05, 0) is 30.0 Å². The van der Waals surface area contributed by atoms with Gasteiger partial charge >= 0.3 is 0 Å². The van der Waals surface area contributed by atoms with Crippen molar-refractivity contribution in [2.24, 2.45) is 5.92 Å². The van der Waals surface area contributed by atoms with Crippen LogP contribution in [0.5, 0.6) is 0 Å². The largest absolute Gasteiger partial charge is 0.391 e. The fourth-order valence-corrected chi connectivity index (χ4v) is 1.81. The van der Waals surface area contributed by atoms with Crippen LogP contribution in [0.1, 0.15) is 32.3 Å². The first-order chi connectivity index (χ1) is 9.02. The van der Waals surface area contributed by atoms with Gasteiger partial charge in [-0.1, -0.05) is 44.0 Å². The molecular formula is C15H22ClNO2. The van der Waals surface area contributed by atoms with E-state index in [9.17, 15) is 9.90 Å². The fourth-order valence-electron chi connectivity index (χ4n) is 1.69. The molecule has 3 nitrogen and oxygen atoms in total. The zero-order valence-corrected chi connectivity index (χ0v) is 12.3. The zero-order chi connectivity index (χ0) is 14.3. The van der Waals surface area contributed by atoms with Gasteiger partial charge in [0.05, 0.1) is 6.10 Å². The number of hydrogen-bond donors (Lipinski definition) is 2. The van der Waals surface area contributed by atoms with Gasteiger partial charge < -0.3 is 10.4 Å². The van der Waals surface area contributed by atoms with Crippen molar-refractivity contribution in [3.63, 3.8) is 0 Å². The van der Waals surface area contributed by atoms with E-state index < -0.39 is 6.10 Å². The Balaban J connectivity index is 2.26. The Labute approximate surface area is 120 Å². The lowest BCUT2D eigenvalue weighted by molar-refractivity contribution is -0.121. The van der Waals surface area contributed by atoms with Gasteiger partial charge in [0.1, 0.15) is 0 Å². The number of amides is 1. The highest BCUT2D eigenvalue weighted by Gasteiger charge is 2.13. The van der Waals surface area contributed by atoms with Crippen LogP contribution in [-0.4, -0.2) is 23.7 Å². The number of aryl methyl sites for hydroxylation is 1. The van der Waals surface area contributed by atoms with E-state index in [1.54, 1.807) is 0 Å². The molecule has 1 amide bonds. The van der Waals surface area contributed by atoms with Crippen LogP contribution in [0, 0.1) is 5.92 Å². The van der Waals surface area contributed by atoms with Crippen molar-refractivity contribution in [1.29, 1.82) is 0 Å². The summed E-state index contributed by atoms with van der Waals surface area (Å²) in [5.74, 6) is 0.175. The molecule has 0 aliphatic heterocycles. The molecule has 0 aliphatic rings. The van der Waals surface area contributed by atoms with Gasteiger partial charge in [-0.25, -0.2) is 0 Å². The maximum absolute atomic E-state index is 11.7. The Morgan fingerprint density at radius 1 is 1.37 bits per heavy atom. The van der Waals surface area contributed by atoms with Crippen molar-refractivity contribution in [1.82, 2.24) is 5.32 Å². The third-order valence-corrected chi connectivity index (χ3v) is 3.62. The highest BCUT2D eigenvalue weighted by molar-refractivity contribution is 6.30. The molecule has 0 spiro atoms. The molecule has 2 N–H and O–H groups in total. The summed E-state index contributed by atoms with van der Waals surface area (Å²) in [6, 6.07) is 7.48. The molecule has 19 heavy (non-hydrogen) atoms. The number of hydrogen-bond acceptors (Lipinski definition) is 2. The minimum atomic E-state index is -0.468. The van der Waals surface area contributed by atoms with Crippen LogP contribution in [0.2, 0.25) is 5.02 Å². The van der Waals surface area contributed by atoms with Gasteiger partial charge in [-0.2, -0.15) is 0 Å². The maximum Gasteiger partial charge on any atom is 0.220 e. The Morgan fingerprint density at radius 3 is 2.58 bits per heavy atom. The average Bonchev–Trinajstić information content (AvgIpc) is 2.43. The Bertz CT molecular complexity index is 392. The molecule has 1 rings (SSSR count). The van der Waals surface area contributed by atoms with Crippen molar-refractivity contribution in [3.8, 4) is 0 Å². The SMILES string of the molecule is CCC(C)C(O)CNC(=O)CCc1ccc(Cl)cc1. The molecule has 0 radical (unpaired) electrons. The maximum atomic E-state index is 11.7. The molecule has 1 aromatic rings. The second-order valence-electron chi connectivity index (χ2n) is 4.88. The minimum absolute atomic E-state index is 0.0303. The van der Waals surface area contributed by atoms with Crippen LogP contribution in [0.4, 0.5) is 0 Å². The van der Waals surface area contributed by atoms with E-state index in [0.29, 0.717) is 24.4 Å². The van der Waals surface area contributed by atoms with E-state index in [-0.39, 0.29) is 11.8 Å². The van der Waals surface area contributed by atoms with Crippen LogP contribution < -0.4 is 5.32 Å². The van der Waals surface area contributed by atoms with E-state index in [4.69, 9.17) is 11.6 Å². The highest BCUT2D eigenvalue weighted by atomic mass is 35.5. The van der Waals surface area contributed by atoms with Crippen molar-refractivity contribution in [2.45, 2.75) is 39.2 Å². The predicted octanol–water partition coefficient (Wildman–Crippen LogP) is 2.80. The van der Waals surface area contributed by atoms with Crippen molar-refractivity contribution < 1.29 is 9.90 Å². The molecule has 0 aromatic heterocycles. The van der Waals surface area contributed by atoms with Crippen LogP contribution in [-0.2, 0) is 11.2 Å². The molecule has 2 atom stereocenters. The van der Waals surface area contributed by atoms with Gasteiger partial charge in [0.25, 0.3) is 0 Å². The Kier molecular flexibility index (Phi) is 6.89. The predicted molar refractivity (Wildman–Crippen MR) is 78.2 cm³/mol. The van der Waals surface area contributed by atoms with Crippen molar-refractivity contribution in [3.05, 3.63) is 34.9 Å². The molecule has 0 heterocycles. The molecule has 0 saturated carbocycles. The van der Waals surface area contributed by atoms with E-state index in [0.717, 1.165) is 12.0 Å². The van der Waals surface area contributed by atoms with Crippen LogP contribution in [0.15, 0.2) is 24.3 Å². The minimum Gasteiger partial charge on any atom is -0.391 e. The van der Waals surface area contributed by atoms with Gasteiger partial charge in [-0.15, -0.1) is 0 Å². The molecule has 4 heteroatoms. The number of rotatable bonds is 7. The summed E-state index contributed by atoms with van der Waals surface area (Å²) in [4.78, 5) is 11.7. The zero-order valence-electron chi connectivity index (χ0n) is 11.5. The third-order valence-electron chi connectivity index (χ3n) is 3.36. The Hall–Kier alpha value is -1.06. The number of nitrogens with one attached hydrogen (secondary N) is 1. The normalized spacial score (nSPS) is 13.9. The smallest absolute Gasteiger partial charge is 0.220 e. The number of benzene rings is 1. The lowest BCUT2D eigenvalue weighted by Gasteiger charge is -2.17. The number of aliphatic hydroxyl groups is 1. The lowest BCUT2D eigenvalue weighted by Crippen LogP contribution is -2.35. The van der Waals surface area contributed by atoms with E-state index in [1.165, 1.54) is 0 Å². The van der Waals surface area contributed by atoms with E-state index in [2.05, 4.69) is 5.32 Å². The second-order valence-corrected chi connectivity index (χ2v) is 5.32. The van der Waals surface area contributed by atoms with Gasteiger partial charge in [0, 0.05) is 18.0 Å². The molecule has 0 aliphatic carbocycles.